The molecular formula is C12H12N2O3. The molecule has 0 unspecified atom stereocenters. The molecule has 0 saturated carbocycles. The van der Waals surface area contributed by atoms with E-state index in [0.29, 0.717) is 5.56 Å². The lowest BCUT2D eigenvalue weighted by Gasteiger charge is -2.14. The number of aliphatic carboxylic acids is 1. The summed E-state index contributed by atoms with van der Waals surface area (Å²) >= 11 is 0. The fourth-order valence-corrected chi connectivity index (χ4v) is 1.74. The first kappa shape index (κ1) is 11.2. The van der Waals surface area contributed by atoms with Crippen LogP contribution in [0.2, 0.25) is 0 Å². The number of carbonyl (C=O) groups is 2. The van der Waals surface area contributed by atoms with E-state index < -0.39 is 5.97 Å². The average Bonchev–Trinajstić information content (AvgIpc) is 2.74. The molecular weight excluding hydrogens is 220 g/mol. The fraction of sp³-hybridized carbons (Fsp3) is 0.167. The van der Waals surface area contributed by atoms with Gasteiger partial charge < -0.3 is 15.0 Å². The van der Waals surface area contributed by atoms with Crippen LogP contribution in [0.4, 0.5) is 0 Å². The van der Waals surface area contributed by atoms with Crippen LogP contribution in [0, 0.1) is 0 Å². The van der Waals surface area contributed by atoms with E-state index in [1.807, 2.05) is 12.1 Å². The highest BCUT2D eigenvalue weighted by atomic mass is 16.4. The molecule has 1 aromatic heterocycles. The van der Waals surface area contributed by atoms with Gasteiger partial charge in [-0.2, -0.15) is 0 Å². The van der Waals surface area contributed by atoms with Crippen molar-refractivity contribution >= 4 is 22.8 Å². The van der Waals surface area contributed by atoms with E-state index in [1.165, 1.54) is 11.9 Å². The van der Waals surface area contributed by atoms with Gasteiger partial charge in [-0.25, -0.2) is 0 Å². The second-order valence-electron chi connectivity index (χ2n) is 3.80. The minimum atomic E-state index is -1.03. The van der Waals surface area contributed by atoms with E-state index in [-0.39, 0.29) is 12.5 Å². The van der Waals surface area contributed by atoms with Crippen LogP contribution in [0.25, 0.3) is 10.9 Å². The van der Waals surface area contributed by atoms with Gasteiger partial charge in [-0.15, -0.1) is 0 Å². The number of carboxylic acid groups (broad SMARTS) is 1. The molecule has 17 heavy (non-hydrogen) atoms. The molecule has 1 amide bonds. The summed E-state index contributed by atoms with van der Waals surface area (Å²) in [4.78, 5) is 26.8. The molecule has 1 heterocycles. The Balaban J connectivity index is 2.36. The zero-order valence-corrected chi connectivity index (χ0v) is 9.30. The summed E-state index contributed by atoms with van der Waals surface area (Å²) in [7, 11) is 1.47. The lowest BCUT2D eigenvalue weighted by molar-refractivity contribution is -0.137. The molecule has 1 aromatic carbocycles. The molecule has 0 atom stereocenters. The Hall–Kier alpha value is -2.30. The molecule has 0 aliphatic rings. The van der Waals surface area contributed by atoms with Gasteiger partial charge in [0.15, 0.2) is 0 Å². The third kappa shape index (κ3) is 2.13. The largest absolute Gasteiger partial charge is 0.480 e. The Labute approximate surface area is 97.7 Å². The van der Waals surface area contributed by atoms with Gasteiger partial charge >= 0.3 is 5.97 Å². The van der Waals surface area contributed by atoms with Gasteiger partial charge in [0.25, 0.3) is 5.91 Å². The predicted octanol–water partition coefficient (Wildman–Crippen LogP) is 1.32. The van der Waals surface area contributed by atoms with Crippen LogP contribution < -0.4 is 0 Å². The number of nitrogens with zero attached hydrogens (tertiary/aromatic N) is 1. The first-order valence-corrected chi connectivity index (χ1v) is 5.13. The number of nitrogens with one attached hydrogen (secondary N) is 1. The monoisotopic (exact) mass is 232 g/mol. The zero-order chi connectivity index (χ0) is 12.4. The van der Waals surface area contributed by atoms with Crippen molar-refractivity contribution in [2.75, 3.05) is 13.6 Å². The smallest absolute Gasteiger partial charge is 0.323 e. The number of hydrogen-bond donors (Lipinski definition) is 2. The summed E-state index contributed by atoms with van der Waals surface area (Å²) in [6, 6.07) is 7.21. The van der Waals surface area contributed by atoms with E-state index in [0.717, 1.165) is 10.9 Å². The average molecular weight is 232 g/mol. The number of aromatic nitrogens is 1. The third-order valence-electron chi connectivity index (χ3n) is 2.54. The lowest BCUT2D eigenvalue weighted by Crippen LogP contribution is -2.32. The summed E-state index contributed by atoms with van der Waals surface area (Å²) in [5.41, 5.74) is 1.21. The highest BCUT2D eigenvalue weighted by molar-refractivity contribution is 6.06. The number of aromatic amines is 1. The van der Waals surface area contributed by atoms with Gasteiger partial charge in [0.1, 0.15) is 6.54 Å². The number of likely N-dealkylation sites (N-methyl/N-ethyl adjacent to an activating group) is 1. The summed E-state index contributed by atoms with van der Waals surface area (Å²) in [6.07, 6.45) is 1.75. The van der Waals surface area contributed by atoms with E-state index in [4.69, 9.17) is 5.11 Å². The summed E-state index contributed by atoms with van der Waals surface area (Å²) in [6.45, 7) is -0.310. The number of carbonyl (C=O) groups excluding carboxylic acids is 1. The quantitative estimate of drug-likeness (QED) is 0.838. The van der Waals surface area contributed by atoms with Gasteiger partial charge in [-0.1, -0.05) is 12.1 Å². The van der Waals surface area contributed by atoms with E-state index >= 15 is 0 Å². The number of hydrogen-bond acceptors (Lipinski definition) is 2. The van der Waals surface area contributed by atoms with Crippen LogP contribution in [-0.4, -0.2) is 40.5 Å². The first-order valence-electron chi connectivity index (χ1n) is 5.13. The van der Waals surface area contributed by atoms with Crippen LogP contribution in [0.5, 0.6) is 0 Å². The SMILES string of the molecule is CN(CC(=O)O)C(=O)c1cccc2cc[nH]c12. The lowest BCUT2D eigenvalue weighted by atomic mass is 10.1. The normalized spacial score (nSPS) is 10.4. The van der Waals surface area contributed by atoms with Crippen molar-refractivity contribution in [2.24, 2.45) is 0 Å². The van der Waals surface area contributed by atoms with Crippen molar-refractivity contribution < 1.29 is 14.7 Å². The molecule has 2 N–H and O–H groups in total. The highest BCUT2D eigenvalue weighted by Gasteiger charge is 2.16. The van der Waals surface area contributed by atoms with Crippen molar-refractivity contribution in [1.29, 1.82) is 0 Å². The second-order valence-corrected chi connectivity index (χ2v) is 3.80. The minimum absolute atomic E-state index is 0.305. The van der Waals surface area contributed by atoms with Crippen molar-refractivity contribution in [2.45, 2.75) is 0 Å². The molecule has 0 bridgehead atoms. The number of fused-ring (bicyclic) bond motifs is 1. The Morgan fingerprint density at radius 1 is 1.35 bits per heavy atom. The predicted molar refractivity (Wildman–Crippen MR) is 62.9 cm³/mol. The maximum Gasteiger partial charge on any atom is 0.323 e. The summed E-state index contributed by atoms with van der Waals surface area (Å²) < 4.78 is 0. The topological polar surface area (TPSA) is 73.4 Å². The van der Waals surface area contributed by atoms with E-state index in [2.05, 4.69) is 4.98 Å². The van der Waals surface area contributed by atoms with Crippen molar-refractivity contribution in [1.82, 2.24) is 9.88 Å². The standard InChI is InChI=1S/C12H12N2O3/c1-14(7-10(15)16)12(17)9-4-2-3-8-5-6-13-11(8)9/h2-6,13H,7H2,1H3,(H,15,16). The van der Waals surface area contributed by atoms with Crippen molar-refractivity contribution in [3.8, 4) is 0 Å². The summed E-state index contributed by atoms with van der Waals surface area (Å²) in [5.74, 6) is -1.33. The summed E-state index contributed by atoms with van der Waals surface area (Å²) in [5, 5.41) is 9.58. The van der Waals surface area contributed by atoms with Crippen LogP contribution in [0.3, 0.4) is 0 Å². The molecule has 0 radical (unpaired) electrons. The molecule has 0 aliphatic heterocycles. The van der Waals surface area contributed by atoms with Crippen LogP contribution in [0.1, 0.15) is 10.4 Å². The molecule has 2 rings (SSSR count). The van der Waals surface area contributed by atoms with Gasteiger partial charge in [-0.3, -0.25) is 9.59 Å². The third-order valence-corrected chi connectivity index (χ3v) is 2.54. The van der Waals surface area contributed by atoms with Crippen LogP contribution in [0.15, 0.2) is 30.5 Å². The second kappa shape index (κ2) is 4.29. The number of rotatable bonds is 3. The molecule has 2 aromatic rings. The molecule has 0 fully saturated rings. The Kier molecular flexibility index (Phi) is 2.82. The van der Waals surface area contributed by atoms with Crippen molar-refractivity contribution in [3.05, 3.63) is 36.0 Å². The maximum absolute atomic E-state index is 12.0. The number of H-pyrrole nitrogens is 1. The maximum atomic E-state index is 12.0. The molecule has 5 nitrogen and oxygen atoms in total. The number of benzene rings is 1. The number of carboxylic acids is 1. The molecule has 0 spiro atoms. The minimum Gasteiger partial charge on any atom is -0.480 e. The van der Waals surface area contributed by atoms with E-state index in [1.54, 1.807) is 18.3 Å². The Morgan fingerprint density at radius 2 is 2.12 bits per heavy atom. The number of amides is 1. The van der Waals surface area contributed by atoms with E-state index in [9.17, 15) is 9.59 Å². The van der Waals surface area contributed by atoms with Crippen LogP contribution >= 0.6 is 0 Å². The molecule has 88 valence electrons. The van der Waals surface area contributed by atoms with Gasteiger partial charge in [0.05, 0.1) is 11.1 Å². The van der Waals surface area contributed by atoms with Gasteiger partial charge in [-0.05, 0) is 12.1 Å². The molecule has 0 aliphatic carbocycles. The Morgan fingerprint density at radius 3 is 2.82 bits per heavy atom. The zero-order valence-electron chi connectivity index (χ0n) is 9.30. The first-order chi connectivity index (χ1) is 8.09. The fourth-order valence-electron chi connectivity index (χ4n) is 1.74. The van der Waals surface area contributed by atoms with Crippen molar-refractivity contribution in [3.63, 3.8) is 0 Å². The van der Waals surface area contributed by atoms with Gasteiger partial charge in [0, 0.05) is 18.6 Å². The molecule has 5 heteroatoms. The number of para-hydroxylation sites is 1. The molecule has 0 saturated heterocycles. The van der Waals surface area contributed by atoms with Gasteiger partial charge in [0.2, 0.25) is 0 Å². The Bertz CT molecular complexity index is 574. The highest BCUT2D eigenvalue weighted by Crippen LogP contribution is 2.18. The van der Waals surface area contributed by atoms with Crippen LogP contribution in [-0.2, 0) is 4.79 Å².